The van der Waals surface area contributed by atoms with Crippen molar-refractivity contribution in [2.75, 3.05) is 17.1 Å². The lowest BCUT2D eigenvalue weighted by Crippen LogP contribution is -2.51. The second-order valence-corrected chi connectivity index (χ2v) is 12.7. The molecule has 0 radical (unpaired) electrons. The Kier molecular flexibility index (Phi) is 11.4. The Morgan fingerprint density at radius 1 is 1.05 bits per heavy atom. The molecule has 1 N–H and O–H groups in total. The van der Waals surface area contributed by atoms with Crippen molar-refractivity contribution < 1.29 is 22.4 Å². The number of nitrogens with zero attached hydrogens (tertiary/aromatic N) is 2. The summed E-state index contributed by atoms with van der Waals surface area (Å²) in [4.78, 5) is 28.5. The number of hydrogen-bond acceptors (Lipinski definition) is 4. The minimum Gasteiger partial charge on any atom is -0.352 e. The maximum Gasteiger partial charge on any atom is 0.243 e. The second-order valence-electron chi connectivity index (χ2n) is 9.95. The molecule has 0 heterocycles. The van der Waals surface area contributed by atoms with Gasteiger partial charge in [0.1, 0.15) is 11.9 Å². The molecule has 214 valence electrons. The van der Waals surface area contributed by atoms with Gasteiger partial charge in [0, 0.05) is 25.6 Å². The molecule has 1 fully saturated rings. The first kappa shape index (κ1) is 31.2. The number of benzene rings is 2. The summed E-state index contributed by atoms with van der Waals surface area (Å²) in [6.45, 7) is 2.04. The van der Waals surface area contributed by atoms with Crippen molar-refractivity contribution in [2.45, 2.75) is 76.9 Å². The molecule has 1 aliphatic carbocycles. The highest BCUT2D eigenvalue weighted by Crippen LogP contribution is 2.25. The maximum atomic E-state index is 13.6. The van der Waals surface area contributed by atoms with Gasteiger partial charge in [-0.15, -0.1) is 0 Å². The predicted octanol–water partition coefficient (Wildman–Crippen LogP) is 5.94. The van der Waals surface area contributed by atoms with Crippen LogP contribution in [0.25, 0.3) is 0 Å². The van der Waals surface area contributed by atoms with Gasteiger partial charge in [0.25, 0.3) is 0 Å². The van der Waals surface area contributed by atoms with Crippen LogP contribution < -0.4 is 9.62 Å². The van der Waals surface area contributed by atoms with Crippen molar-refractivity contribution in [2.24, 2.45) is 0 Å². The molecule has 2 aromatic carbocycles. The first-order chi connectivity index (χ1) is 18.5. The third-order valence-corrected chi connectivity index (χ3v) is 8.87. The number of hydrogen-bond donors (Lipinski definition) is 1. The van der Waals surface area contributed by atoms with E-state index in [2.05, 4.69) is 5.32 Å². The fraction of sp³-hybridized carbons (Fsp3) is 0.500. The fourth-order valence-corrected chi connectivity index (χ4v) is 6.20. The quantitative estimate of drug-likeness (QED) is 0.327. The van der Waals surface area contributed by atoms with E-state index in [1.54, 1.807) is 23.1 Å². The zero-order valence-corrected chi connectivity index (χ0v) is 24.7. The average molecular weight is 601 g/mol. The molecule has 1 saturated carbocycles. The normalized spacial score (nSPS) is 15.0. The van der Waals surface area contributed by atoms with E-state index < -0.39 is 21.9 Å². The molecule has 1 aliphatic rings. The zero-order valence-electron chi connectivity index (χ0n) is 22.3. The molecule has 0 saturated heterocycles. The van der Waals surface area contributed by atoms with Crippen molar-refractivity contribution in [3.63, 3.8) is 0 Å². The van der Waals surface area contributed by atoms with Crippen LogP contribution in [0, 0.1) is 5.82 Å². The van der Waals surface area contributed by atoms with Gasteiger partial charge >= 0.3 is 0 Å². The van der Waals surface area contributed by atoms with Crippen LogP contribution in [0.5, 0.6) is 0 Å². The van der Waals surface area contributed by atoms with Crippen LogP contribution in [-0.4, -0.2) is 50.0 Å². The first-order valence-electron chi connectivity index (χ1n) is 13.3. The Hall–Kier alpha value is -2.36. The van der Waals surface area contributed by atoms with Crippen LogP contribution in [0.3, 0.4) is 0 Å². The highest BCUT2D eigenvalue weighted by Gasteiger charge is 2.30. The number of rotatable bonds is 12. The van der Waals surface area contributed by atoms with Crippen LogP contribution >= 0.6 is 23.2 Å². The number of anilines is 1. The summed E-state index contributed by atoms with van der Waals surface area (Å²) in [5.41, 5.74) is 1.04. The summed E-state index contributed by atoms with van der Waals surface area (Å²) in [7, 11) is -3.66. The van der Waals surface area contributed by atoms with Gasteiger partial charge in [0.2, 0.25) is 21.8 Å². The van der Waals surface area contributed by atoms with Crippen LogP contribution in [0.2, 0.25) is 10.0 Å². The third-order valence-electron chi connectivity index (χ3n) is 6.94. The van der Waals surface area contributed by atoms with E-state index in [0.717, 1.165) is 48.2 Å². The SMILES string of the molecule is CC[C@@H](C(=O)NC1CCCCC1)N(Cc1ccc(Cl)c(Cl)c1)C(=O)CCCN(c1ccc(F)cc1)S(C)(=O)=O. The first-order valence-corrected chi connectivity index (χ1v) is 15.9. The van der Waals surface area contributed by atoms with Gasteiger partial charge < -0.3 is 10.2 Å². The molecule has 2 amide bonds. The lowest BCUT2D eigenvalue weighted by atomic mass is 9.95. The Labute approximate surface area is 240 Å². The molecule has 0 aromatic heterocycles. The van der Waals surface area contributed by atoms with Gasteiger partial charge in [0.05, 0.1) is 22.0 Å². The van der Waals surface area contributed by atoms with Gasteiger partial charge in [-0.05, 0) is 67.6 Å². The van der Waals surface area contributed by atoms with E-state index in [4.69, 9.17) is 23.2 Å². The van der Waals surface area contributed by atoms with Crippen LogP contribution in [0.4, 0.5) is 10.1 Å². The summed E-state index contributed by atoms with van der Waals surface area (Å²) in [5.74, 6) is -0.946. The second kappa shape index (κ2) is 14.3. The van der Waals surface area contributed by atoms with Crippen molar-refractivity contribution in [1.29, 1.82) is 0 Å². The van der Waals surface area contributed by atoms with E-state index in [-0.39, 0.29) is 43.8 Å². The number of amides is 2. The number of sulfonamides is 1. The zero-order chi connectivity index (χ0) is 28.6. The van der Waals surface area contributed by atoms with E-state index >= 15 is 0 Å². The minimum absolute atomic E-state index is 0.0156. The average Bonchev–Trinajstić information content (AvgIpc) is 2.89. The summed E-state index contributed by atoms with van der Waals surface area (Å²) in [6.07, 6.45) is 6.85. The largest absolute Gasteiger partial charge is 0.352 e. The molecule has 39 heavy (non-hydrogen) atoms. The van der Waals surface area contributed by atoms with Crippen LogP contribution in [0.15, 0.2) is 42.5 Å². The van der Waals surface area contributed by atoms with E-state index in [0.29, 0.717) is 22.2 Å². The molecule has 0 unspecified atom stereocenters. The standard InChI is InChI=1S/C28H36Cl2FN3O4S/c1-3-26(28(36)32-22-8-5-4-6-9-22)33(19-20-11-16-24(29)25(30)18-20)27(35)10-7-17-34(39(2,37)38)23-14-12-21(31)13-15-23/h11-16,18,22,26H,3-10,17,19H2,1-2H3,(H,32,36)/t26-/m0/s1. The highest BCUT2D eigenvalue weighted by molar-refractivity contribution is 7.92. The molecule has 1 atom stereocenters. The molecule has 0 aliphatic heterocycles. The fourth-order valence-electron chi connectivity index (χ4n) is 4.91. The number of carbonyl (C=O) groups is 2. The highest BCUT2D eigenvalue weighted by atomic mass is 35.5. The Morgan fingerprint density at radius 2 is 1.72 bits per heavy atom. The van der Waals surface area contributed by atoms with Crippen molar-refractivity contribution >= 4 is 50.7 Å². The molecular weight excluding hydrogens is 564 g/mol. The monoisotopic (exact) mass is 599 g/mol. The number of nitrogens with one attached hydrogen (secondary N) is 1. The van der Waals surface area contributed by atoms with Gasteiger partial charge in [-0.2, -0.15) is 0 Å². The van der Waals surface area contributed by atoms with E-state index in [1.807, 2.05) is 6.92 Å². The summed E-state index contributed by atoms with van der Waals surface area (Å²) in [5, 5.41) is 3.88. The smallest absolute Gasteiger partial charge is 0.243 e. The summed E-state index contributed by atoms with van der Waals surface area (Å²) >= 11 is 12.3. The molecule has 11 heteroatoms. The van der Waals surface area contributed by atoms with Gasteiger partial charge in [-0.1, -0.05) is 55.5 Å². The molecule has 0 spiro atoms. The third kappa shape index (κ3) is 9.08. The van der Waals surface area contributed by atoms with Gasteiger partial charge in [0.15, 0.2) is 0 Å². The Bertz CT molecular complexity index is 1240. The molecule has 7 nitrogen and oxygen atoms in total. The van der Waals surface area contributed by atoms with E-state index in [9.17, 15) is 22.4 Å². The van der Waals surface area contributed by atoms with Gasteiger partial charge in [-0.3, -0.25) is 13.9 Å². The maximum absolute atomic E-state index is 13.6. The van der Waals surface area contributed by atoms with Crippen molar-refractivity contribution in [3.05, 3.63) is 63.9 Å². The van der Waals surface area contributed by atoms with Crippen LogP contribution in [-0.2, 0) is 26.2 Å². The predicted molar refractivity (Wildman–Crippen MR) is 154 cm³/mol. The lowest BCUT2D eigenvalue weighted by Gasteiger charge is -2.33. The van der Waals surface area contributed by atoms with Crippen molar-refractivity contribution in [3.8, 4) is 0 Å². The number of carbonyl (C=O) groups excluding carboxylic acids is 2. The molecular formula is C28H36Cl2FN3O4S. The van der Waals surface area contributed by atoms with Gasteiger partial charge in [-0.25, -0.2) is 12.8 Å². The van der Waals surface area contributed by atoms with E-state index in [1.165, 1.54) is 24.3 Å². The molecule has 3 rings (SSSR count). The topological polar surface area (TPSA) is 86.8 Å². The minimum atomic E-state index is -3.66. The Balaban J connectivity index is 1.77. The van der Waals surface area contributed by atoms with Crippen LogP contribution in [0.1, 0.15) is 63.9 Å². The van der Waals surface area contributed by atoms with Crippen molar-refractivity contribution in [1.82, 2.24) is 10.2 Å². The molecule has 2 aromatic rings. The summed E-state index contributed by atoms with van der Waals surface area (Å²) in [6, 6.07) is 9.64. The number of halogens is 3. The lowest BCUT2D eigenvalue weighted by molar-refractivity contribution is -0.141. The Morgan fingerprint density at radius 3 is 2.31 bits per heavy atom. The summed E-state index contributed by atoms with van der Waals surface area (Å²) < 4.78 is 39.4. The molecule has 0 bridgehead atoms.